The second-order valence-electron chi connectivity index (χ2n) is 5.02. The van der Waals surface area contributed by atoms with E-state index in [1.54, 1.807) is 13.3 Å². The van der Waals surface area contributed by atoms with E-state index in [2.05, 4.69) is 24.1 Å². The molecule has 1 aromatic heterocycles. The summed E-state index contributed by atoms with van der Waals surface area (Å²) in [5.74, 6) is 0.746. The lowest BCUT2D eigenvalue weighted by Gasteiger charge is -2.25. The fraction of sp³-hybridized carbons (Fsp3) is 0.538. The van der Waals surface area contributed by atoms with Gasteiger partial charge in [0.1, 0.15) is 10.8 Å². The van der Waals surface area contributed by atoms with Crippen LogP contribution in [0, 0.1) is 5.41 Å². The van der Waals surface area contributed by atoms with Gasteiger partial charge in [-0.1, -0.05) is 26.1 Å². The highest BCUT2D eigenvalue weighted by Gasteiger charge is 2.18. The van der Waals surface area contributed by atoms with Crippen molar-refractivity contribution in [3.8, 4) is 0 Å². The first kappa shape index (κ1) is 14.9. The van der Waals surface area contributed by atoms with Gasteiger partial charge in [-0.3, -0.25) is 0 Å². The van der Waals surface area contributed by atoms with Crippen molar-refractivity contribution in [1.29, 1.82) is 0 Å². The van der Waals surface area contributed by atoms with Crippen molar-refractivity contribution >= 4 is 23.0 Å². The smallest absolute Gasteiger partial charge is 0.136 e. The third kappa shape index (κ3) is 4.58. The van der Waals surface area contributed by atoms with Crippen LogP contribution in [0.5, 0.6) is 0 Å². The van der Waals surface area contributed by atoms with Crippen molar-refractivity contribution in [3.05, 3.63) is 23.9 Å². The third-order valence-corrected chi connectivity index (χ3v) is 3.01. The zero-order valence-corrected chi connectivity index (χ0v) is 12.0. The zero-order chi connectivity index (χ0) is 13.6. The van der Waals surface area contributed by atoms with Crippen molar-refractivity contribution in [3.63, 3.8) is 0 Å². The van der Waals surface area contributed by atoms with Gasteiger partial charge in [0.15, 0.2) is 0 Å². The molecule has 0 aliphatic carbocycles. The highest BCUT2D eigenvalue weighted by molar-refractivity contribution is 7.80. The summed E-state index contributed by atoms with van der Waals surface area (Å²) in [6.45, 7) is 5.91. The molecule has 0 amide bonds. The molecule has 0 saturated heterocycles. The average molecular weight is 267 g/mol. The standard InChI is InChI=1S/C13H21N3OS/c1-13(2,6-8-17-3)9-16-12-10(11(14)18)5-4-7-15-12/h4-5,7H,6,8-9H2,1-3H3,(H2,14,18)(H,15,16). The number of hydrogen-bond acceptors (Lipinski definition) is 4. The van der Waals surface area contributed by atoms with E-state index in [4.69, 9.17) is 22.7 Å². The lowest BCUT2D eigenvalue weighted by atomic mass is 9.89. The molecule has 1 aromatic rings. The Bertz CT molecular complexity index is 407. The number of nitrogens with one attached hydrogen (secondary N) is 1. The minimum atomic E-state index is 0.126. The van der Waals surface area contributed by atoms with Crippen LogP contribution in [0.15, 0.2) is 18.3 Å². The SMILES string of the molecule is COCCC(C)(C)CNc1ncccc1C(N)=S. The molecule has 0 aliphatic heterocycles. The predicted octanol–water partition coefficient (Wildman–Crippen LogP) is 2.19. The van der Waals surface area contributed by atoms with E-state index in [1.165, 1.54) is 0 Å². The van der Waals surface area contributed by atoms with Gasteiger partial charge in [-0.2, -0.15) is 0 Å². The largest absolute Gasteiger partial charge is 0.389 e. The molecular weight excluding hydrogens is 246 g/mol. The summed E-state index contributed by atoms with van der Waals surface area (Å²) in [7, 11) is 1.72. The summed E-state index contributed by atoms with van der Waals surface area (Å²) in [5.41, 5.74) is 6.58. The van der Waals surface area contributed by atoms with Gasteiger partial charge in [0.05, 0.1) is 5.56 Å². The van der Waals surface area contributed by atoms with Crippen LogP contribution in [-0.4, -0.2) is 30.2 Å². The second kappa shape index (κ2) is 6.66. The van der Waals surface area contributed by atoms with Crippen LogP contribution >= 0.6 is 12.2 Å². The van der Waals surface area contributed by atoms with Crippen LogP contribution in [0.4, 0.5) is 5.82 Å². The van der Waals surface area contributed by atoms with Crippen LogP contribution < -0.4 is 11.1 Å². The molecule has 1 rings (SSSR count). The Kier molecular flexibility index (Phi) is 5.50. The Morgan fingerprint density at radius 1 is 1.56 bits per heavy atom. The maximum atomic E-state index is 5.67. The van der Waals surface area contributed by atoms with E-state index >= 15 is 0 Å². The molecule has 0 aliphatic rings. The van der Waals surface area contributed by atoms with Crippen molar-refractivity contribution in [2.45, 2.75) is 20.3 Å². The lowest BCUT2D eigenvalue weighted by molar-refractivity contribution is 0.157. The molecule has 0 fully saturated rings. The Balaban J connectivity index is 2.65. The first-order chi connectivity index (χ1) is 8.46. The van der Waals surface area contributed by atoms with E-state index in [0.717, 1.165) is 31.0 Å². The highest BCUT2D eigenvalue weighted by Crippen LogP contribution is 2.21. The summed E-state index contributed by atoms with van der Waals surface area (Å²) in [4.78, 5) is 4.63. The molecular formula is C13H21N3OS. The number of aromatic nitrogens is 1. The zero-order valence-electron chi connectivity index (χ0n) is 11.2. The summed E-state index contributed by atoms with van der Waals surface area (Å²) in [5, 5.41) is 3.31. The average Bonchev–Trinajstić information content (AvgIpc) is 2.34. The minimum absolute atomic E-state index is 0.126. The number of anilines is 1. The van der Waals surface area contributed by atoms with E-state index in [1.807, 2.05) is 12.1 Å². The van der Waals surface area contributed by atoms with Crippen LogP contribution in [0.2, 0.25) is 0 Å². The normalized spacial score (nSPS) is 11.3. The van der Waals surface area contributed by atoms with E-state index in [9.17, 15) is 0 Å². The number of nitrogens with two attached hydrogens (primary N) is 1. The van der Waals surface area contributed by atoms with Gasteiger partial charge in [-0.15, -0.1) is 0 Å². The Hall–Kier alpha value is -1.20. The molecule has 0 spiro atoms. The number of thiocarbonyl (C=S) groups is 1. The Labute approximate surface area is 114 Å². The lowest BCUT2D eigenvalue weighted by Crippen LogP contribution is -2.26. The number of pyridine rings is 1. The number of rotatable bonds is 7. The molecule has 3 N–H and O–H groups in total. The van der Waals surface area contributed by atoms with Crippen LogP contribution in [0.3, 0.4) is 0 Å². The minimum Gasteiger partial charge on any atom is -0.389 e. The molecule has 0 aromatic carbocycles. The van der Waals surface area contributed by atoms with Gasteiger partial charge >= 0.3 is 0 Å². The summed E-state index contributed by atoms with van der Waals surface area (Å²) >= 11 is 5.00. The maximum absolute atomic E-state index is 5.67. The quantitative estimate of drug-likeness (QED) is 0.742. The van der Waals surface area contributed by atoms with E-state index < -0.39 is 0 Å². The number of ether oxygens (including phenoxy) is 1. The molecule has 0 atom stereocenters. The van der Waals surface area contributed by atoms with Gasteiger partial charge < -0.3 is 15.8 Å². The van der Waals surface area contributed by atoms with Crippen LogP contribution in [-0.2, 0) is 4.74 Å². The van der Waals surface area contributed by atoms with Crippen molar-refractivity contribution in [2.75, 3.05) is 25.6 Å². The molecule has 5 heteroatoms. The fourth-order valence-electron chi connectivity index (χ4n) is 1.53. The maximum Gasteiger partial charge on any atom is 0.136 e. The van der Waals surface area contributed by atoms with Gasteiger partial charge in [-0.05, 0) is 24.0 Å². The van der Waals surface area contributed by atoms with Gasteiger partial charge in [-0.25, -0.2) is 4.98 Å². The molecule has 0 bridgehead atoms. The summed E-state index contributed by atoms with van der Waals surface area (Å²) in [6.07, 6.45) is 2.71. The molecule has 0 unspecified atom stereocenters. The van der Waals surface area contributed by atoms with Gasteiger partial charge in [0.2, 0.25) is 0 Å². The number of nitrogens with zero attached hydrogens (tertiary/aromatic N) is 1. The van der Waals surface area contributed by atoms with Crippen LogP contribution in [0.25, 0.3) is 0 Å². The fourth-order valence-corrected chi connectivity index (χ4v) is 1.70. The van der Waals surface area contributed by atoms with E-state index in [-0.39, 0.29) is 5.41 Å². The second-order valence-corrected chi connectivity index (χ2v) is 5.46. The molecule has 18 heavy (non-hydrogen) atoms. The molecule has 100 valence electrons. The van der Waals surface area contributed by atoms with Crippen molar-refractivity contribution in [1.82, 2.24) is 4.98 Å². The van der Waals surface area contributed by atoms with Crippen molar-refractivity contribution in [2.24, 2.45) is 11.1 Å². The van der Waals surface area contributed by atoms with Gasteiger partial charge in [0, 0.05) is 26.5 Å². The first-order valence-corrected chi connectivity index (χ1v) is 6.35. The third-order valence-electron chi connectivity index (χ3n) is 2.79. The number of hydrogen-bond donors (Lipinski definition) is 2. The van der Waals surface area contributed by atoms with Crippen molar-refractivity contribution < 1.29 is 4.74 Å². The molecule has 0 radical (unpaired) electrons. The van der Waals surface area contributed by atoms with E-state index in [0.29, 0.717) is 4.99 Å². The molecule has 4 nitrogen and oxygen atoms in total. The summed E-state index contributed by atoms with van der Waals surface area (Å²) < 4.78 is 5.11. The Morgan fingerprint density at radius 2 is 2.28 bits per heavy atom. The van der Waals surface area contributed by atoms with Gasteiger partial charge in [0.25, 0.3) is 0 Å². The topological polar surface area (TPSA) is 60.2 Å². The molecule has 0 saturated carbocycles. The highest BCUT2D eigenvalue weighted by atomic mass is 32.1. The molecule has 1 heterocycles. The summed E-state index contributed by atoms with van der Waals surface area (Å²) in [6, 6.07) is 3.70. The Morgan fingerprint density at radius 3 is 2.89 bits per heavy atom. The predicted molar refractivity (Wildman–Crippen MR) is 78.9 cm³/mol. The first-order valence-electron chi connectivity index (χ1n) is 5.94. The van der Waals surface area contributed by atoms with Crippen LogP contribution in [0.1, 0.15) is 25.8 Å². The number of methoxy groups -OCH3 is 1. The monoisotopic (exact) mass is 267 g/mol.